The van der Waals surface area contributed by atoms with E-state index in [0.29, 0.717) is 18.8 Å². The zero-order valence-corrected chi connectivity index (χ0v) is 17.2. The Morgan fingerprint density at radius 3 is 2.57 bits per heavy atom. The van der Waals surface area contributed by atoms with Crippen molar-refractivity contribution in [2.45, 2.75) is 13.3 Å². The normalized spacial score (nSPS) is 13.9. The van der Waals surface area contributed by atoms with Gasteiger partial charge < -0.3 is 15.1 Å². The second-order valence-corrected chi connectivity index (χ2v) is 7.34. The molecule has 7 nitrogen and oxygen atoms in total. The minimum absolute atomic E-state index is 0.175. The van der Waals surface area contributed by atoms with E-state index in [0.717, 1.165) is 43.3 Å². The van der Waals surface area contributed by atoms with Crippen molar-refractivity contribution in [3.8, 4) is 11.4 Å². The number of nitrogens with zero attached hydrogens (tertiary/aromatic N) is 5. The summed E-state index contributed by atoms with van der Waals surface area (Å²) in [5.41, 5.74) is 2.96. The van der Waals surface area contributed by atoms with Gasteiger partial charge in [-0.2, -0.15) is 0 Å². The highest BCUT2D eigenvalue weighted by atomic mass is 16.2. The molecule has 30 heavy (non-hydrogen) atoms. The van der Waals surface area contributed by atoms with E-state index in [4.69, 9.17) is 0 Å². The van der Waals surface area contributed by atoms with E-state index in [-0.39, 0.29) is 5.91 Å². The Morgan fingerprint density at radius 2 is 1.83 bits per heavy atom. The molecule has 0 atom stereocenters. The maximum Gasteiger partial charge on any atom is 0.224 e. The first-order chi connectivity index (χ1) is 14.7. The van der Waals surface area contributed by atoms with Crippen molar-refractivity contribution in [2.75, 3.05) is 42.9 Å². The summed E-state index contributed by atoms with van der Waals surface area (Å²) in [7, 11) is 0. The number of carbonyl (C=O) groups is 1. The molecule has 1 aliphatic heterocycles. The van der Waals surface area contributed by atoms with Gasteiger partial charge >= 0.3 is 0 Å². The molecule has 2 aromatic heterocycles. The van der Waals surface area contributed by atoms with E-state index >= 15 is 0 Å². The molecule has 4 rings (SSSR count). The quantitative estimate of drug-likeness (QED) is 0.683. The van der Waals surface area contributed by atoms with Crippen LogP contribution in [0.1, 0.15) is 12.1 Å². The van der Waals surface area contributed by atoms with Gasteiger partial charge in [0, 0.05) is 74.5 Å². The molecular weight excluding hydrogens is 376 g/mol. The van der Waals surface area contributed by atoms with Crippen molar-refractivity contribution in [3.05, 3.63) is 66.6 Å². The topological polar surface area (TPSA) is 74.2 Å². The van der Waals surface area contributed by atoms with Crippen LogP contribution in [0.25, 0.3) is 11.4 Å². The number of hydrogen-bond acceptors (Lipinski definition) is 6. The fourth-order valence-electron chi connectivity index (χ4n) is 3.59. The Labute approximate surface area is 176 Å². The summed E-state index contributed by atoms with van der Waals surface area (Å²) >= 11 is 0. The fourth-order valence-corrected chi connectivity index (χ4v) is 3.59. The van der Waals surface area contributed by atoms with Crippen LogP contribution in [0.4, 0.5) is 11.5 Å². The number of amides is 1. The van der Waals surface area contributed by atoms with Gasteiger partial charge in [0.2, 0.25) is 5.91 Å². The highest BCUT2D eigenvalue weighted by Gasteiger charge is 2.20. The fraction of sp³-hybridized carbons (Fsp3) is 0.304. The lowest BCUT2D eigenvalue weighted by Gasteiger charge is -2.36. The van der Waals surface area contributed by atoms with Crippen LogP contribution in [0.3, 0.4) is 0 Å². The SMILES string of the molecule is Cc1cc(NCCC(=O)N2CCN(c3ccccc3)CC2)nc(-c2cccnc2)n1. The summed E-state index contributed by atoms with van der Waals surface area (Å²) in [6, 6.07) is 16.0. The zero-order valence-electron chi connectivity index (χ0n) is 17.2. The third kappa shape index (κ3) is 4.92. The van der Waals surface area contributed by atoms with Gasteiger partial charge in [-0.05, 0) is 31.2 Å². The molecule has 0 aliphatic carbocycles. The van der Waals surface area contributed by atoms with Crippen molar-refractivity contribution in [1.82, 2.24) is 19.9 Å². The van der Waals surface area contributed by atoms with Crippen molar-refractivity contribution < 1.29 is 4.79 Å². The molecule has 154 valence electrons. The first-order valence-electron chi connectivity index (χ1n) is 10.3. The molecule has 0 unspecified atom stereocenters. The van der Waals surface area contributed by atoms with Crippen molar-refractivity contribution in [3.63, 3.8) is 0 Å². The minimum Gasteiger partial charge on any atom is -0.369 e. The van der Waals surface area contributed by atoms with Crippen LogP contribution < -0.4 is 10.2 Å². The van der Waals surface area contributed by atoms with Crippen LogP contribution in [0.15, 0.2) is 60.9 Å². The molecule has 1 fully saturated rings. The lowest BCUT2D eigenvalue weighted by atomic mass is 10.2. The number of carbonyl (C=O) groups excluding carboxylic acids is 1. The van der Waals surface area contributed by atoms with E-state index < -0.39 is 0 Å². The van der Waals surface area contributed by atoms with Gasteiger partial charge in [-0.3, -0.25) is 9.78 Å². The predicted molar refractivity (Wildman–Crippen MR) is 118 cm³/mol. The number of benzene rings is 1. The molecule has 7 heteroatoms. The van der Waals surface area contributed by atoms with Crippen molar-refractivity contribution in [2.24, 2.45) is 0 Å². The van der Waals surface area contributed by atoms with Crippen LogP contribution in [0.5, 0.6) is 0 Å². The maximum atomic E-state index is 12.6. The van der Waals surface area contributed by atoms with Crippen molar-refractivity contribution >= 4 is 17.4 Å². The Kier molecular flexibility index (Phi) is 6.17. The maximum absolute atomic E-state index is 12.6. The van der Waals surface area contributed by atoms with Gasteiger partial charge in [-0.1, -0.05) is 18.2 Å². The molecule has 0 saturated carbocycles. The summed E-state index contributed by atoms with van der Waals surface area (Å²) in [4.78, 5) is 30.1. The number of hydrogen-bond donors (Lipinski definition) is 1. The van der Waals surface area contributed by atoms with E-state index in [1.165, 1.54) is 5.69 Å². The number of pyridine rings is 1. The first-order valence-corrected chi connectivity index (χ1v) is 10.3. The van der Waals surface area contributed by atoms with Gasteiger partial charge in [0.15, 0.2) is 5.82 Å². The lowest BCUT2D eigenvalue weighted by molar-refractivity contribution is -0.131. The number of rotatable bonds is 6. The lowest BCUT2D eigenvalue weighted by Crippen LogP contribution is -2.49. The summed E-state index contributed by atoms with van der Waals surface area (Å²) in [6.45, 7) is 5.72. The molecule has 3 aromatic rings. The molecule has 1 N–H and O–H groups in total. The number of piperazine rings is 1. The number of nitrogens with one attached hydrogen (secondary N) is 1. The largest absolute Gasteiger partial charge is 0.369 e. The first kappa shape index (κ1) is 19.8. The average Bonchev–Trinajstić information content (AvgIpc) is 2.80. The zero-order chi connectivity index (χ0) is 20.8. The third-order valence-electron chi connectivity index (χ3n) is 5.17. The second kappa shape index (κ2) is 9.35. The molecular formula is C23H26N6O. The van der Waals surface area contributed by atoms with Gasteiger partial charge in [0.1, 0.15) is 5.82 Å². The Morgan fingerprint density at radius 1 is 1.03 bits per heavy atom. The van der Waals surface area contributed by atoms with Crippen LogP contribution in [-0.4, -0.2) is 58.5 Å². The van der Waals surface area contributed by atoms with E-state index in [2.05, 4.69) is 37.3 Å². The van der Waals surface area contributed by atoms with Crippen LogP contribution in [0.2, 0.25) is 0 Å². The highest BCUT2D eigenvalue weighted by molar-refractivity contribution is 5.77. The van der Waals surface area contributed by atoms with Crippen LogP contribution in [-0.2, 0) is 4.79 Å². The molecule has 0 radical (unpaired) electrons. The Balaban J connectivity index is 1.28. The second-order valence-electron chi connectivity index (χ2n) is 7.34. The van der Waals surface area contributed by atoms with E-state index in [9.17, 15) is 4.79 Å². The van der Waals surface area contributed by atoms with Gasteiger partial charge in [-0.15, -0.1) is 0 Å². The standard InChI is InChI=1S/C23H26N6O/c1-18-16-21(27-23(26-18)19-6-5-10-24-17-19)25-11-9-22(30)29-14-12-28(13-15-29)20-7-3-2-4-8-20/h2-8,10,16-17H,9,11-15H2,1H3,(H,25,26,27). The summed E-state index contributed by atoms with van der Waals surface area (Å²) in [5, 5.41) is 3.27. The van der Waals surface area contributed by atoms with Gasteiger partial charge in [0.05, 0.1) is 0 Å². The molecule has 0 bridgehead atoms. The van der Waals surface area contributed by atoms with Crippen molar-refractivity contribution in [1.29, 1.82) is 0 Å². The molecule has 0 spiro atoms. The predicted octanol–water partition coefficient (Wildman–Crippen LogP) is 3.00. The smallest absolute Gasteiger partial charge is 0.224 e. The number of aryl methyl sites for hydroxylation is 1. The molecule has 1 aromatic carbocycles. The number of para-hydroxylation sites is 1. The number of aromatic nitrogens is 3. The molecule has 1 aliphatic rings. The Bertz CT molecular complexity index is 971. The third-order valence-corrected chi connectivity index (χ3v) is 5.17. The number of anilines is 2. The minimum atomic E-state index is 0.175. The van der Waals surface area contributed by atoms with E-state index in [1.54, 1.807) is 12.4 Å². The summed E-state index contributed by atoms with van der Waals surface area (Å²) in [5.74, 6) is 1.53. The summed E-state index contributed by atoms with van der Waals surface area (Å²) < 4.78 is 0. The molecule has 3 heterocycles. The summed E-state index contributed by atoms with van der Waals surface area (Å²) in [6.07, 6.45) is 3.91. The van der Waals surface area contributed by atoms with Crippen LogP contribution in [0, 0.1) is 6.92 Å². The molecule has 1 saturated heterocycles. The highest BCUT2D eigenvalue weighted by Crippen LogP contribution is 2.18. The monoisotopic (exact) mass is 402 g/mol. The molecule has 1 amide bonds. The van der Waals surface area contributed by atoms with Gasteiger partial charge in [-0.25, -0.2) is 9.97 Å². The van der Waals surface area contributed by atoms with Crippen LogP contribution >= 0.6 is 0 Å². The average molecular weight is 403 g/mol. The Hall–Kier alpha value is -3.48. The van der Waals surface area contributed by atoms with E-state index in [1.807, 2.05) is 48.2 Å². The van der Waals surface area contributed by atoms with Gasteiger partial charge in [0.25, 0.3) is 0 Å².